The van der Waals surface area contributed by atoms with Gasteiger partial charge < -0.3 is 16.4 Å². The van der Waals surface area contributed by atoms with Gasteiger partial charge in [0.15, 0.2) is 11.6 Å². The lowest BCUT2D eigenvalue weighted by Crippen LogP contribution is -2.20. The first-order valence-electron chi connectivity index (χ1n) is 8.40. The largest absolute Gasteiger partial charge is 0.382 e. The van der Waals surface area contributed by atoms with Crippen LogP contribution in [0.4, 0.5) is 26.4 Å². The van der Waals surface area contributed by atoms with Crippen molar-refractivity contribution in [1.82, 2.24) is 20.2 Å². The minimum absolute atomic E-state index is 0.0946. The summed E-state index contributed by atoms with van der Waals surface area (Å²) in [6.45, 7) is 1.81. The number of benzene rings is 2. The number of fused-ring (bicyclic) bond motifs is 1. The molecule has 0 fully saturated rings. The summed E-state index contributed by atoms with van der Waals surface area (Å²) < 4.78 is 13.8. The number of halogens is 1. The average Bonchev–Trinajstić information content (AvgIpc) is 3.07. The van der Waals surface area contributed by atoms with Crippen LogP contribution < -0.4 is 16.4 Å². The number of H-pyrrole nitrogens is 1. The van der Waals surface area contributed by atoms with Gasteiger partial charge in [0.2, 0.25) is 0 Å². The van der Waals surface area contributed by atoms with Gasteiger partial charge in [-0.25, -0.2) is 19.2 Å². The van der Waals surface area contributed by atoms with E-state index in [-0.39, 0.29) is 5.69 Å². The number of urea groups is 1. The molecule has 5 N–H and O–H groups in total. The van der Waals surface area contributed by atoms with Crippen molar-refractivity contribution < 1.29 is 9.18 Å². The van der Waals surface area contributed by atoms with Crippen molar-refractivity contribution >= 4 is 34.1 Å². The van der Waals surface area contributed by atoms with Crippen LogP contribution in [0.2, 0.25) is 0 Å². The minimum atomic E-state index is -0.595. The fourth-order valence-electron chi connectivity index (χ4n) is 2.84. The average molecular weight is 377 g/mol. The lowest BCUT2D eigenvalue weighted by molar-refractivity contribution is 0.262. The molecule has 4 rings (SSSR count). The van der Waals surface area contributed by atoms with E-state index in [4.69, 9.17) is 5.73 Å². The number of anilines is 3. The maximum Gasteiger partial charge on any atom is 0.323 e. The summed E-state index contributed by atoms with van der Waals surface area (Å²) >= 11 is 0. The van der Waals surface area contributed by atoms with Gasteiger partial charge in [-0.2, -0.15) is 5.10 Å². The monoisotopic (exact) mass is 377 g/mol. The molecule has 2 amide bonds. The Hall–Kier alpha value is -4.01. The molecule has 0 aliphatic rings. The van der Waals surface area contributed by atoms with Gasteiger partial charge >= 0.3 is 6.03 Å². The maximum atomic E-state index is 13.8. The Bertz CT molecular complexity index is 1170. The molecule has 2 aromatic carbocycles. The van der Waals surface area contributed by atoms with Crippen LogP contribution >= 0.6 is 0 Å². The third-order valence-electron chi connectivity index (χ3n) is 4.14. The van der Waals surface area contributed by atoms with E-state index in [2.05, 4.69) is 30.8 Å². The smallest absolute Gasteiger partial charge is 0.323 e. The van der Waals surface area contributed by atoms with Gasteiger partial charge in [-0.3, -0.25) is 5.10 Å². The number of nitrogens with one attached hydrogen (secondary N) is 3. The van der Waals surface area contributed by atoms with Gasteiger partial charge in [0.1, 0.15) is 5.82 Å². The van der Waals surface area contributed by atoms with Crippen LogP contribution in [-0.2, 0) is 0 Å². The molecule has 0 spiro atoms. The first-order valence-corrected chi connectivity index (χ1v) is 8.40. The van der Waals surface area contributed by atoms with Gasteiger partial charge in [0.25, 0.3) is 0 Å². The summed E-state index contributed by atoms with van der Waals surface area (Å²) in [5.74, 6) is 0.281. The normalized spacial score (nSPS) is 10.8. The van der Waals surface area contributed by atoms with Crippen LogP contribution in [0.3, 0.4) is 0 Å². The predicted octanol–water partition coefficient (Wildman–Crippen LogP) is 3.69. The van der Waals surface area contributed by atoms with Crippen molar-refractivity contribution in [2.45, 2.75) is 6.92 Å². The molecular formula is C19H16FN7O. The zero-order valence-electron chi connectivity index (χ0n) is 14.8. The van der Waals surface area contributed by atoms with Gasteiger partial charge in [-0.15, -0.1) is 0 Å². The SMILES string of the molecule is Cc1ccc(F)c(NC(=O)Nc2cnc(-c3cccc4[nH]nc(N)c34)nc2)c1. The summed E-state index contributed by atoms with van der Waals surface area (Å²) in [4.78, 5) is 20.7. The van der Waals surface area contributed by atoms with E-state index in [0.717, 1.165) is 22.0 Å². The third kappa shape index (κ3) is 3.32. The van der Waals surface area contributed by atoms with Crippen molar-refractivity contribution in [2.75, 3.05) is 16.4 Å². The van der Waals surface area contributed by atoms with E-state index in [9.17, 15) is 9.18 Å². The van der Waals surface area contributed by atoms with E-state index >= 15 is 0 Å². The number of nitrogen functional groups attached to an aromatic ring is 1. The zero-order valence-corrected chi connectivity index (χ0v) is 14.8. The number of aromatic nitrogens is 4. The highest BCUT2D eigenvalue weighted by atomic mass is 19.1. The van der Waals surface area contributed by atoms with Crippen LogP contribution in [0, 0.1) is 12.7 Å². The summed E-state index contributed by atoms with van der Waals surface area (Å²) in [5.41, 5.74) is 8.70. The molecule has 4 aromatic rings. The number of rotatable bonds is 3. The van der Waals surface area contributed by atoms with E-state index in [0.29, 0.717) is 17.3 Å². The van der Waals surface area contributed by atoms with Crippen molar-refractivity contribution in [3.63, 3.8) is 0 Å². The molecule has 28 heavy (non-hydrogen) atoms. The number of carbonyl (C=O) groups excluding carboxylic acids is 1. The van der Waals surface area contributed by atoms with Crippen molar-refractivity contribution in [3.05, 3.63) is 60.2 Å². The zero-order chi connectivity index (χ0) is 19.7. The molecule has 2 aromatic heterocycles. The highest BCUT2D eigenvalue weighted by molar-refractivity contribution is 6.01. The second kappa shape index (κ2) is 6.95. The summed E-state index contributed by atoms with van der Waals surface area (Å²) in [6, 6.07) is 9.40. The second-order valence-electron chi connectivity index (χ2n) is 6.19. The molecule has 0 saturated carbocycles. The van der Waals surface area contributed by atoms with Crippen molar-refractivity contribution in [1.29, 1.82) is 0 Å². The van der Waals surface area contributed by atoms with Crippen LogP contribution in [-0.4, -0.2) is 26.2 Å². The van der Waals surface area contributed by atoms with Gasteiger partial charge in [0, 0.05) is 5.56 Å². The summed E-state index contributed by atoms with van der Waals surface area (Å²) in [5, 5.41) is 12.6. The minimum Gasteiger partial charge on any atom is -0.382 e. The molecule has 0 saturated heterocycles. The molecule has 0 radical (unpaired) electrons. The van der Waals surface area contributed by atoms with E-state index in [1.165, 1.54) is 18.5 Å². The number of aryl methyl sites for hydroxylation is 1. The molecule has 0 aliphatic carbocycles. The molecular weight excluding hydrogens is 361 g/mol. The summed E-state index contributed by atoms with van der Waals surface area (Å²) in [6.07, 6.45) is 2.92. The standard InChI is InChI=1S/C19H16FN7O/c1-10-5-6-13(20)15(7-10)25-19(28)24-11-8-22-18(23-9-11)12-3-2-4-14-16(12)17(21)27-26-14/h2-9H,1H3,(H3,21,26,27)(H2,24,25,28). The van der Waals surface area contributed by atoms with Crippen LogP contribution in [0.15, 0.2) is 48.8 Å². The van der Waals surface area contributed by atoms with Crippen LogP contribution in [0.25, 0.3) is 22.3 Å². The number of carbonyl (C=O) groups is 1. The second-order valence-corrected chi connectivity index (χ2v) is 6.19. The van der Waals surface area contributed by atoms with Gasteiger partial charge in [0.05, 0.1) is 34.7 Å². The first-order chi connectivity index (χ1) is 13.5. The highest BCUT2D eigenvalue weighted by Gasteiger charge is 2.12. The van der Waals surface area contributed by atoms with Crippen molar-refractivity contribution in [2.24, 2.45) is 0 Å². The number of hydrogen-bond donors (Lipinski definition) is 4. The molecule has 0 aliphatic heterocycles. The van der Waals surface area contributed by atoms with Crippen LogP contribution in [0.1, 0.15) is 5.56 Å². The number of nitrogens with zero attached hydrogens (tertiary/aromatic N) is 3. The Morgan fingerprint density at radius 1 is 1.14 bits per heavy atom. The Morgan fingerprint density at radius 2 is 1.93 bits per heavy atom. The lowest BCUT2D eigenvalue weighted by Gasteiger charge is -2.09. The Balaban J connectivity index is 1.52. The summed E-state index contributed by atoms with van der Waals surface area (Å²) in [7, 11) is 0. The molecule has 0 unspecified atom stereocenters. The first kappa shape index (κ1) is 17.4. The van der Waals surface area contributed by atoms with E-state index in [1.54, 1.807) is 12.1 Å². The van der Waals surface area contributed by atoms with Crippen LogP contribution in [0.5, 0.6) is 0 Å². The highest BCUT2D eigenvalue weighted by Crippen LogP contribution is 2.29. The fraction of sp³-hybridized carbons (Fsp3) is 0.0526. The molecule has 8 nitrogen and oxygen atoms in total. The van der Waals surface area contributed by atoms with Crippen molar-refractivity contribution in [3.8, 4) is 11.4 Å². The predicted molar refractivity (Wildman–Crippen MR) is 105 cm³/mol. The van der Waals surface area contributed by atoms with Gasteiger partial charge in [-0.1, -0.05) is 18.2 Å². The number of nitrogens with two attached hydrogens (primary N) is 1. The number of amides is 2. The fourth-order valence-corrected chi connectivity index (χ4v) is 2.84. The molecule has 2 heterocycles. The Labute approximate surface area is 159 Å². The number of hydrogen-bond acceptors (Lipinski definition) is 5. The Morgan fingerprint density at radius 3 is 2.71 bits per heavy atom. The molecule has 0 bridgehead atoms. The molecule has 0 atom stereocenters. The molecule has 140 valence electrons. The lowest BCUT2D eigenvalue weighted by atomic mass is 10.1. The number of aromatic amines is 1. The van der Waals surface area contributed by atoms with E-state index < -0.39 is 11.8 Å². The van der Waals surface area contributed by atoms with E-state index in [1.807, 2.05) is 25.1 Å². The topological polar surface area (TPSA) is 122 Å². The third-order valence-corrected chi connectivity index (χ3v) is 4.14. The van der Waals surface area contributed by atoms with Gasteiger partial charge in [-0.05, 0) is 30.7 Å². The maximum absolute atomic E-state index is 13.8. The Kier molecular flexibility index (Phi) is 4.32. The molecule has 9 heteroatoms. The quantitative estimate of drug-likeness (QED) is 0.434.